The van der Waals surface area contributed by atoms with Crippen LogP contribution in [0.5, 0.6) is 0 Å². The van der Waals surface area contributed by atoms with Crippen molar-refractivity contribution < 1.29 is 4.79 Å². The van der Waals surface area contributed by atoms with E-state index in [-0.39, 0.29) is 5.78 Å². The lowest BCUT2D eigenvalue weighted by atomic mass is 9.78. The summed E-state index contributed by atoms with van der Waals surface area (Å²) < 4.78 is 0. The highest BCUT2D eigenvalue weighted by molar-refractivity contribution is 5.87. The van der Waals surface area contributed by atoms with Gasteiger partial charge in [0.2, 0.25) is 0 Å². The summed E-state index contributed by atoms with van der Waals surface area (Å²) in [4.78, 5) is 14.1. The molecule has 3 rings (SSSR count). The summed E-state index contributed by atoms with van der Waals surface area (Å²) >= 11 is 0. The molecule has 1 heterocycles. The van der Waals surface area contributed by atoms with Crippen molar-refractivity contribution in [2.24, 2.45) is 0 Å². The van der Waals surface area contributed by atoms with Crippen molar-refractivity contribution in [1.82, 2.24) is 15.0 Å². The molecule has 2 aromatic rings. The van der Waals surface area contributed by atoms with E-state index in [2.05, 4.69) is 16.8 Å². The first-order valence-electron chi connectivity index (χ1n) is 6.73. The van der Waals surface area contributed by atoms with Gasteiger partial charge in [-0.15, -0.1) is 6.58 Å². The number of fused-ring (bicyclic) bond motifs is 1. The molecule has 0 radical (unpaired) electrons. The second-order valence-electron chi connectivity index (χ2n) is 5.13. The molecule has 0 saturated heterocycles. The number of hydrogen-bond acceptors (Lipinski definition) is 3. The average Bonchev–Trinajstić information content (AvgIpc) is 2.86. The Kier molecular flexibility index (Phi) is 2.93. The number of rotatable bonds is 3. The van der Waals surface area contributed by atoms with Crippen molar-refractivity contribution in [1.29, 1.82) is 0 Å². The molecule has 0 bridgehead atoms. The summed E-state index contributed by atoms with van der Waals surface area (Å²) in [5, 5.41) is 9.03. The van der Waals surface area contributed by atoms with Crippen LogP contribution in [0, 0.1) is 0 Å². The van der Waals surface area contributed by atoms with Crippen molar-refractivity contribution in [2.45, 2.75) is 37.6 Å². The van der Waals surface area contributed by atoms with E-state index in [1.165, 1.54) is 0 Å². The molecule has 1 unspecified atom stereocenters. The predicted octanol–water partition coefficient (Wildman–Crippen LogP) is 2.85. The van der Waals surface area contributed by atoms with Crippen LogP contribution in [0.4, 0.5) is 0 Å². The van der Waals surface area contributed by atoms with Crippen LogP contribution in [-0.2, 0) is 10.3 Å². The number of aromatic nitrogens is 3. The molecule has 0 amide bonds. The Morgan fingerprint density at radius 3 is 2.53 bits per heavy atom. The van der Waals surface area contributed by atoms with Crippen molar-refractivity contribution >= 4 is 16.8 Å². The van der Waals surface area contributed by atoms with Gasteiger partial charge in [0.05, 0.1) is 0 Å². The molecule has 1 aliphatic rings. The van der Waals surface area contributed by atoms with Gasteiger partial charge in [0.1, 0.15) is 16.6 Å². The Morgan fingerprint density at radius 2 is 1.95 bits per heavy atom. The van der Waals surface area contributed by atoms with Crippen molar-refractivity contribution in [2.75, 3.05) is 0 Å². The summed E-state index contributed by atoms with van der Waals surface area (Å²) in [7, 11) is 0. The molecule has 4 heteroatoms. The predicted molar refractivity (Wildman–Crippen MR) is 73.8 cm³/mol. The number of Topliss-reactive ketones (excluding diaryl/α,β-unsaturated/α-hetero) is 1. The van der Waals surface area contributed by atoms with E-state index < -0.39 is 5.54 Å². The minimum absolute atomic E-state index is 0.235. The summed E-state index contributed by atoms with van der Waals surface area (Å²) in [6.45, 7) is 3.79. The van der Waals surface area contributed by atoms with Crippen LogP contribution >= 0.6 is 0 Å². The van der Waals surface area contributed by atoms with Gasteiger partial charge in [0.15, 0.2) is 5.78 Å². The minimum Gasteiger partial charge on any atom is -0.297 e. The van der Waals surface area contributed by atoms with E-state index in [1.807, 2.05) is 24.3 Å². The number of ketones is 1. The summed E-state index contributed by atoms with van der Waals surface area (Å²) in [6.07, 6.45) is 5.84. The third-order valence-corrected chi connectivity index (χ3v) is 3.91. The van der Waals surface area contributed by atoms with Gasteiger partial charge in [-0.2, -0.15) is 15.0 Å². The van der Waals surface area contributed by atoms with Crippen LogP contribution < -0.4 is 0 Å². The molecule has 1 aromatic heterocycles. The number of benzene rings is 1. The van der Waals surface area contributed by atoms with Crippen LogP contribution in [0.2, 0.25) is 0 Å². The number of hydrogen-bond donors (Lipinski definition) is 0. The van der Waals surface area contributed by atoms with Crippen LogP contribution in [0.15, 0.2) is 36.9 Å². The summed E-state index contributed by atoms with van der Waals surface area (Å²) in [5.41, 5.74) is 1.06. The number of nitrogens with zero attached hydrogens (tertiary/aromatic N) is 3. The van der Waals surface area contributed by atoms with Gasteiger partial charge in [-0.05, 0) is 31.4 Å². The fourth-order valence-electron chi connectivity index (χ4n) is 2.87. The summed E-state index contributed by atoms with van der Waals surface area (Å²) in [5.74, 6) is 0.235. The van der Waals surface area contributed by atoms with Crippen LogP contribution in [0.1, 0.15) is 32.1 Å². The zero-order valence-electron chi connectivity index (χ0n) is 10.9. The lowest BCUT2D eigenvalue weighted by Crippen LogP contribution is -2.45. The maximum absolute atomic E-state index is 12.4. The second-order valence-corrected chi connectivity index (χ2v) is 5.13. The Labute approximate surface area is 112 Å². The third-order valence-electron chi connectivity index (χ3n) is 3.91. The molecular formula is C15H17N3O. The monoisotopic (exact) mass is 255 g/mol. The first-order valence-corrected chi connectivity index (χ1v) is 6.73. The topological polar surface area (TPSA) is 47.8 Å². The quantitative estimate of drug-likeness (QED) is 0.792. The second kappa shape index (κ2) is 4.61. The largest absolute Gasteiger partial charge is 0.297 e. The van der Waals surface area contributed by atoms with Gasteiger partial charge < -0.3 is 0 Å². The summed E-state index contributed by atoms with van der Waals surface area (Å²) in [6, 6.07) is 7.72. The lowest BCUT2D eigenvalue weighted by molar-refractivity contribution is -0.131. The van der Waals surface area contributed by atoms with Crippen LogP contribution in [0.3, 0.4) is 0 Å². The normalized spacial score (nSPS) is 23.7. The van der Waals surface area contributed by atoms with Gasteiger partial charge in [-0.3, -0.25) is 4.79 Å². The molecule has 19 heavy (non-hydrogen) atoms. The highest BCUT2D eigenvalue weighted by Gasteiger charge is 2.42. The van der Waals surface area contributed by atoms with Crippen LogP contribution in [0.25, 0.3) is 11.0 Å². The van der Waals surface area contributed by atoms with E-state index >= 15 is 0 Å². The Morgan fingerprint density at radius 1 is 1.26 bits per heavy atom. The molecule has 0 aliphatic heterocycles. The molecule has 1 aromatic carbocycles. The zero-order chi connectivity index (χ0) is 13.3. The highest BCUT2D eigenvalue weighted by atomic mass is 16.1. The number of carbonyl (C=O) groups excluding carboxylic acids is 1. The van der Waals surface area contributed by atoms with Gasteiger partial charge in [0.25, 0.3) is 0 Å². The molecule has 1 saturated carbocycles. The van der Waals surface area contributed by atoms with Crippen LogP contribution in [-0.4, -0.2) is 20.8 Å². The zero-order valence-corrected chi connectivity index (χ0v) is 10.9. The molecular weight excluding hydrogens is 238 g/mol. The third kappa shape index (κ3) is 1.87. The van der Waals surface area contributed by atoms with Crippen molar-refractivity contribution in [3.05, 3.63) is 36.9 Å². The highest BCUT2D eigenvalue weighted by Crippen LogP contribution is 2.34. The SMILES string of the molecule is C=CCC1(n2nc3ccccc3n2)CCCCC1=O. The molecule has 1 aliphatic carbocycles. The number of allylic oxidation sites excluding steroid dienone is 1. The van der Waals surface area contributed by atoms with E-state index in [9.17, 15) is 4.79 Å². The smallest absolute Gasteiger partial charge is 0.162 e. The standard InChI is InChI=1S/C15H17N3O/c1-2-10-15(11-6-5-9-14(15)19)18-16-12-7-3-4-8-13(12)17-18/h2-4,7-8H,1,5-6,9-11H2. The lowest BCUT2D eigenvalue weighted by Gasteiger charge is -2.33. The molecule has 98 valence electrons. The Balaban J connectivity index is 2.13. The van der Waals surface area contributed by atoms with E-state index in [0.29, 0.717) is 12.8 Å². The molecule has 0 spiro atoms. The maximum atomic E-state index is 12.4. The molecule has 0 N–H and O–H groups in total. The van der Waals surface area contributed by atoms with E-state index in [1.54, 1.807) is 10.9 Å². The first-order chi connectivity index (χ1) is 9.26. The Bertz CT molecular complexity index is 598. The minimum atomic E-state index is -0.612. The van der Waals surface area contributed by atoms with Crippen molar-refractivity contribution in [3.63, 3.8) is 0 Å². The van der Waals surface area contributed by atoms with Gasteiger partial charge >= 0.3 is 0 Å². The fourth-order valence-corrected chi connectivity index (χ4v) is 2.87. The Hall–Kier alpha value is -1.97. The van der Waals surface area contributed by atoms with Gasteiger partial charge in [-0.25, -0.2) is 0 Å². The molecule has 1 atom stereocenters. The molecule has 1 fully saturated rings. The fraction of sp³-hybridized carbons (Fsp3) is 0.400. The van der Waals surface area contributed by atoms with E-state index in [0.717, 1.165) is 30.3 Å². The van der Waals surface area contributed by atoms with Gasteiger partial charge in [0, 0.05) is 6.42 Å². The number of carbonyl (C=O) groups is 1. The van der Waals surface area contributed by atoms with Gasteiger partial charge in [-0.1, -0.05) is 24.6 Å². The van der Waals surface area contributed by atoms with E-state index in [4.69, 9.17) is 0 Å². The average molecular weight is 255 g/mol. The first kappa shape index (κ1) is 12.1. The van der Waals surface area contributed by atoms with Crippen molar-refractivity contribution in [3.8, 4) is 0 Å². The molecule has 4 nitrogen and oxygen atoms in total. The maximum Gasteiger partial charge on any atom is 0.162 e.